The van der Waals surface area contributed by atoms with E-state index in [4.69, 9.17) is 0 Å². The SMILES string of the molecule is CSCCC(=O)[O-].C[n+]1ccccc1. The van der Waals surface area contributed by atoms with Crippen LogP contribution in [0.5, 0.6) is 0 Å². The summed E-state index contributed by atoms with van der Waals surface area (Å²) in [6.07, 6.45) is 6.03. The zero-order valence-corrected chi connectivity index (χ0v) is 9.29. The molecule has 0 aliphatic carbocycles. The Morgan fingerprint density at radius 1 is 1.36 bits per heavy atom. The van der Waals surface area contributed by atoms with Crippen LogP contribution in [0.3, 0.4) is 0 Å². The number of pyridine rings is 1. The highest BCUT2D eigenvalue weighted by atomic mass is 32.2. The van der Waals surface area contributed by atoms with E-state index in [-0.39, 0.29) is 6.42 Å². The molecule has 0 spiro atoms. The van der Waals surface area contributed by atoms with Crippen molar-refractivity contribution in [1.29, 1.82) is 0 Å². The molecule has 1 aromatic rings. The van der Waals surface area contributed by atoms with Crippen molar-refractivity contribution < 1.29 is 14.5 Å². The minimum Gasteiger partial charge on any atom is -0.550 e. The number of hydrogen-bond acceptors (Lipinski definition) is 3. The highest BCUT2D eigenvalue weighted by Crippen LogP contribution is 1.92. The first-order valence-electron chi connectivity index (χ1n) is 4.26. The van der Waals surface area contributed by atoms with Crippen molar-refractivity contribution >= 4 is 17.7 Å². The third kappa shape index (κ3) is 9.06. The van der Waals surface area contributed by atoms with Gasteiger partial charge < -0.3 is 9.90 Å². The monoisotopic (exact) mass is 213 g/mol. The van der Waals surface area contributed by atoms with E-state index in [0.717, 1.165) is 0 Å². The third-order valence-electron chi connectivity index (χ3n) is 1.37. The van der Waals surface area contributed by atoms with Gasteiger partial charge in [0.05, 0.1) is 0 Å². The zero-order chi connectivity index (χ0) is 10.8. The van der Waals surface area contributed by atoms with Crippen LogP contribution in [0.2, 0.25) is 0 Å². The molecule has 0 saturated heterocycles. The number of aromatic nitrogens is 1. The summed E-state index contributed by atoms with van der Waals surface area (Å²) in [5.74, 6) is -0.308. The molecule has 0 bridgehead atoms. The van der Waals surface area contributed by atoms with Gasteiger partial charge in [-0.15, -0.1) is 0 Å². The fraction of sp³-hybridized carbons (Fsp3) is 0.400. The topological polar surface area (TPSA) is 44.0 Å². The summed E-state index contributed by atoms with van der Waals surface area (Å²) >= 11 is 1.51. The molecular formula is C10H15NO2S. The Bertz CT molecular complexity index is 252. The predicted octanol–water partition coefficient (Wildman–Crippen LogP) is 0.000500. The minimum atomic E-state index is -0.964. The van der Waals surface area contributed by atoms with E-state index in [2.05, 4.69) is 0 Å². The van der Waals surface area contributed by atoms with Crippen molar-refractivity contribution in [3.05, 3.63) is 30.6 Å². The average molecular weight is 213 g/mol. The van der Waals surface area contributed by atoms with Gasteiger partial charge in [0.2, 0.25) is 0 Å². The van der Waals surface area contributed by atoms with Crippen molar-refractivity contribution in [1.82, 2.24) is 0 Å². The number of aliphatic carboxylic acids is 1. The molecular weight excluding hydrogens is 198 g/mol. The standard InChI is InChI=1S/C6H8N.C4H8O2S/c1-7-5-3-2-4-6-7;1-7-3-2-4(5)6/h2-6H,1H3;2-3H2,1H3,(H,5,6)/q+1;/p-1. The van der Waals surface area contributed by atoms with Crippen LogP contribution in [0, 0.1) is 0 Å². The second-order valence-electron chi connectivity index (χ2n) is 2.66. The van der Waals surface area contributed by atoms with E-state index >= 15 is 0 Å². The molecule has 0 aliphatic rings. The van der Waals surface area contributed by atoms with E-state index < -0.39 is 5.97 Å². The van der Waals surface area contributed by atoms with E-state index in [9.17, 15) is 9.90 Å². The van der Waals surface area contributed by atoms with Gasteiger partial charge >= 0.3 is 0 Å². The normalized spacial score (nSPS) is 8.71. The minimum absolute atomic E-state index is 0.168. The molecule has 78 valence electrons. The highest BCUT2D eigenvalue weighted by molar-refractivity contribution is 7.98. The molecule has 1 heterocycles. The van der Waals surface area contributed by atoms with Gasteiger partial charge in [-0.05, 0) is 18.4 Å². The average Bonchev–Trinajstić information content (AvgIpc) is 2.17. The molecule has 3 nitrogen and oxygen atoms in total. The third-order valence-corrected chi connectivity index (χ3v) is 1.99. The molecule has 0 amide bonds. The number of aryl methyl sites for hydroxylation is 1. The molecule has 0 aliphatic heterocycles. The first-order chi connectivity index (χ1) is 6.66. The summed E-state index contributed by atoms with van der Waals surface area (Å²) in [7, 11) is 2.00. The van der Waals surface area contributed by atoms with Gasteiger partial charge in [-0.1, -0.05) is 6.07 Å². The van der Waals surface area contributed by atoms with Gasteiger partial charge in [0.25, 0.3) is 0 Å². The van der Waals surface area contributed by atoms with Crippen LogP contribution in [-0.4, -0.2) is 18.0 Å². The lowest BCUT2D eigenvalue weighted by molar-refractivity contribution is -0.671. The van der Waals surface area contributed by atoms with E-state index in [1.165, 1.54) is 11.8 Å². The zero-order valence-electron chi connectivity index (χ0n) is 8.47. The Morgan fingerprint density at radius 3 is 2.14 bits per heavy atom. The molecule has 0 N–H and O–H groups in total. The van der Waals surface area contributed by atoms with Crippen LogP contribution >= 0.6 is 11.8 Å². The molecule has 4 heteroatoms. The smallest absolute Gasteiger partial charge is 0.168 e. The summed E-state index contributed by atoms with van der Waals surface area (Å²) in [5, 5.41) is 9.63. The Morgan fingerprint density at radius 2 is 1.93 bits per heavy atom. The summed E-state index contributed by atoms with van der Waals surface area (Å²) in [6, 6.07) is 6.00. The van der Waals surface area contributed by atoms with Crippen molar-refractivity contribution in [3.63, 3.8) is 0 Å². The molecule has 0 atom stereocenters. The summed E-state index contributed by atoms with van der Waals surface area (Å²) in [6.45, 7) is 0. The summed E-state index contributed by atoms with van der Waals surface area (Å²) in [5.41, 5.74) is 0. The number of carbonyl (C=O) groups is 1. The lowest BCUT2D eigenvalue weighted by atomic mass is 10.5. The van der Waals surface area contributed by atoms with Crippen LogP contribution in [0.25, 0.3) is 0 Å². The maximum absolute atomic E-state index is 9.63. The number of carboxylic acid groups (broad SMARTS) is 1. The van der Waals surface area contributed by atoms with Gasteiger partial charge in [-0.3, -0.25) is 0 Å². The van der Waals surface area contributed by atoms with Gasteiger partial charge in [-0.25, -0.2) is 4.57 Å². The van der Waals surface area contributed by atoms with Crippen LogP contribution in [-0.2, 0) is 11.8 Å². The van der Waals surface area contributed by atoms with Crippen LogP contribution in [0.4, 0.5) is 0 Å². The summed E-state index contributed by atoms with van der Waals surface area (Å²) < 4.78 is 2.00. The first kappa shape index (κ1) is 13.0. The number of nitrogens with zero attached hydrogens (tertiary/aromatic N) is 1. The lowest BCUT2D eigenvalue weighted by Gasteiger charge is -1.95. The molecule has 1 aromatic heterocycles. The highest BCUT2D eigenvalue weighted by Gasteiger charge is 1.81. The van der Waals surface area contributed by atoms with Crippen molar-refractivity contribution in [2.24, 2.45) is 7.05 Å². The van der Waals surface area contributed by atoms with Crippen molar-refractivity contribution in [2.45, 2.75) is 6.42 Å². The first-order valence-corrected chi connectivity index (χ1v) is 5.65. The molecule has 0 fully saturated rings. The summed E-state index contributed by atoms with van der Waals surface area (Å²) in [4.78, 5) is 9.63. The second kappa shape index (κ2) is 8.56. The van der Waals surface area contributed by atoms with Gasteiger partial charge in [0, 0.05) is 18.1 Å². The Balaban J connectivity index is 0.000000241. The fourth-order valence-corrected chi connectivity index (χ4v) is 1.04. The molecule has 0 saturated carbocycles. The number of thioether (sulfide) groups is 1. The second-order valence-corrected chi connectivity index (χ2v) is 3.64. The van der Waals surface area contributed by atoms with E-state index in [1.807, 2.05) is 48.5 Å². The maximum Gasteiger partial charge on any atom is 0.168 e. The lowest BCUT2D eigenvalue weighted by Crippen LogP contribution is -2.25. The van der Waals surface area contributed by atoms with E-state index in [0.29, 0.717) is 5.75 Å². The number of rotatable bonds is 3. The van der Waals surface area contributed by atoms with Gasteiger partial charge in [-0.2, -0.15) is 11.8 Å². The van der Waals surface area contributed by atoms with Crippen molar-refractivity contribution in [2.75, 3.05) is 12.0 Å². The molecule has 14 heavy (non-hydrogen) atoms. The van der Waals surface area contributed by atoms with Crippen LogP contribution < -0.4 is 9.67 Å². The van der Waals surface area contributed by atoms with Gasteiger partial charge in [0.1, 0.15) is 7.05 Å². The van der Waals surface area contributed by atoms with Crippen molar-refractivity contribution in [3.8, 4) is 0 Å². The number of carbonyl (C=O) groups excluding carboxylic acids is 1. The van der Waals surface area contributed by atoms with Crippen LogP contribution in [0.1, 0.15) is 6.42 Å². The number of hydrogen-bond donors (Lipinski definition) is 0. The van der Waals surface area contributed by atoms with Gasteiger partial charge in [0.15, 0.2) is 12.4 Å². The molecule has 0 unspecified atom stereocenters. The quantitative estimate of drug-likeness (QED) is 0.664. The maximum atomic E-state index is 9.63. The molecule has 0 aromatic carbocycles. The number of carboxylic acids is 1. The van der Waals surface area contributed by atoms with E-state index in [1.54, 1.807) is 0 Å². The largest absolute Gasteiger partial charge is 0.550 e. The Labute approximate surface area is 88.8 Å². The van der Waals surface area contributed by atoms with Crippen LogP contribution in [0.15, 0.2) is 30.6 Å². The molecule has 0 radical (unpaired) electrons. The Kier molecular flexibility index (Phi) is 7.93. The molecule has 1 rings (SSSR count). The predicted molar refractivity (Wildman–Crippen MR) is 55.6 cm³/mol. The Hall–Kier alpha value is -1.03. The fourth-order valence-electron chi connectivity index (χ4n) is 0.670.